The van der Waals surface area contributed by atoms with Crippen LogP contribution in [-0.2, 0) is 18.3 Å². The molecule has 0 radical (unpaired) electrons. The number of hydrogen-bond acceptors (Lipinski definition) is 3. The van der Waals surface area contributed by atoms with Gasteiger partial charge in [0.2, 0.25) is 11.9 Å². The predicted octanol–water partition coefficient (Wildman–Crippen LogP) is 1.96. The fourth-order valence-electron chi connectivity index (χ4n) is 1.60. The summed E-state index contributed by atoms with van der Waals surface area (Å²) in [6.45, 7) is 1.77. The van der Waals surface area contributed by atoms with Crippen LogP contribution >= 0.6 is 11.6 Å². The maximum atomic E-state index is 11.8. The molecule has 0 atom stereocenters. The predicted molar refractivity (Wildman–Crippen MR) is 69.5 cm³/mol. The average molecular weight is 265 g/mol. The number of carbonyl (C=O) groups is 1. The number of rotatable bonds is 3. The zero-order valence-corrected chi connectivity index (χ0v) is 10.9. The lowest BCUT2D eigenvalue weighted by atomic mass is 10.1. The minimum Gasteiger partial charge on any atom is -0.294 e. The normalized spacial score (nSPS) is 10.4. The molecule has 0 fully saturated rings. The summed E-state index contributed by atoms with van der Waals surface area (Å²) in [6, 6.07) is 7.26. The second kappa shape index (κ2) is 5.18. The van der Waals surface area contributed by atoms with E-state index in [0.29, 0.717) is 16.8 Å². The Morgan fingerprint density at radius 3 is 2.78 bits per heavy atom. The van der Waals surface area contributed by atoms with Crippen molar-refractivity contribution in [2.45, 2.75) is 13.3 Å². The Morgan fingerprint density at radius 1 is 1.44 bits per heavy atom. The van der Waals surface area contributed by atoms with E-state index in [0.717, 1.165) is 5.56 Å². The molecular weight excluding hydrogens is 252 g/mol. The number of halogens is 1. The molecule has 5 nitrogen and oxygen atoms in total. The second-order valence-electron chi connectivity index (χ2n) is 3.92. The molecule has 0 aliphatic heterocycles. The van der Waals surface area contributed by atoms with Crippen LogP contribution in [0.4, 0.5) is 5.95 Å². The van der Waals surface area contributed by atoms with E-state index in [1.807, 2.05) is 18.2 Å². The highest BCUT2D eigenvalue weighted by molar-refractivity contribution is 6.31. The molecule has 18 heavy (non-hydrogen) atoms. The van der Waals surface area contributed by atoms with Crippen molar-refractivity contribution in [1.29, 1.82) is 0 Å². The summed E-state index contributed by atoms with van der Waals surface area (Å²) in [6.07, 6.45) is 0.214. The summed E-state index contributed by atoms with van der Waals surface area (Å²) in [4.78, 5) is 15.9. The second-order valence-corrected chi connectivity index (χ2v) is 4.33. The molecule has 1 aromatic carbocycles. The van der Waals surface area contributed by atoms with Gasteiger partial charge in [0, 0.05) is 12.1 Å². The van der Waals surface area contributed by atoms with Crippen molar-refractivity contribution in [3.8, 4) is 0 Å². The first kappa shape index (κ1) is 12.6. The summed E-state index contributed by atoms with van der Waals surface area (Å²) in [5.74, 6) is 0.883. The molecule has 0 bridgehead atoms. The first-order valence-corrected chi connectivity index (χ1v) is 5.85. The number of hydrogen-bond donors (Lipinski definition) is 1. The summed E-state index contributed by atoms with van der Waals surface area (Å²) in [5, 5.41) is 7.34. The van der Waals surface area contributed by atoms with Gasteiger partial charge in [-0.1, -0.05) is 29.8 Å². The molecule has 1 amide bonds. The molecule has 0 unspecified atom stereocenters. The van der Waals surface area contributed by atoms with Crippen molar-refractivity contribution in [3.05, 3.63) is 40.7 Å². The van der Waals surface area contributed by atoms with Gasteiger partial charge in [-0.3, -0.25) is 10.1 Å². The van der Waals surface area contributed by atoms with Gasteiger partial charge in [0.25, 0.3) is 0 Å². The molecule has 94 valence electrons. The molecule has 2 rings (SSSR count). The number of nitrogens with zero attached hydrogens (tertiary/aromatic N) is 3. The molecule has 6 heteroatoms. The van der Waals surface area contributed by atoms with Gasteiger partial charge < -0.3 is 0 Å². The van der Waals surface area contributed by atoms with Crippen molar-refractivity contribution in [3.63, 3.8) is 0 Å². The first-order valence-electron chi connectivity index (χ1n) is 5.47. The highest BCUT2D eigenvalue weighted by atomic mass is 35.5. The van der Waals surface area contributed by atoms with Crippen LogP contribution in [0.25, 0.3) is 0 Å². The molecule has 0 spiro atoms. The maximum Gasteiger partial charge on any atom is 0.231 e. The van der Waals surface area contributed by atoms with Gasteiger partial charge in [0.15, 0.2) is 0 Å². The van der Waals surface area contributed by atoms with Gasteiger partial charge in [-0.25, -0.2) is 4.68 Å². The Bertz CT molecular complexity index is 579. The fourth-order valence-corrected chi connectivity index (χ4v) is 1.81. The Kier molecular flexibility index (Phi) is 3.62. The van der Waals surface area contributed by atoms with Crippen LogP contribution in [0.5, 0.6) is 0 Å². The number of aryl methyl sites for hydroxylation is 2. The summed E-state index contributed by atoms with van der Waals surface area (Å²) >= 11 is 5.99. The van der Waals surface area contributed by atoms with Gasteiger partial charge >= 0.3 is 0 Å². The Hall–Kier alpha value is -1.88. The van der Waals surface area contributed by atoms with E-state index in [2.05, 4.69) is 15.4 Å². The summed E-state index contributed by atoms with van der Waals surface area (Å²) in [7, 11) is 1.73. The molecule has 0 aliphatic rings. The van der Waals surface area contributed by atoms with Crippen molar-refractivity contribution in [2.75, 3.05) is 5.32 Å². The lowest BCUT2D eigenvalue weighted by Crippen LogP contribution is -2.17. The average Bonchev–Trinajstić information content (AvgIpc) is 2.61. The van der Waals surface area contributed by atoms with Crippen LogP contribution in [0.15, 0.2) is 24.3 Å². The number of amides is 1. The minimum atomic E-state index is -0.168. The lowest BCUT2D eigenvalue weighted by Gasteiger charge is -2.05. The number of carbonyl (C=O) groups excluding carboxylic acids is 1. The maximum absolute atomic E-state index is 11.8. The van der Waals surface area contributed by atoms with E-state index in [4.69, 9.17) is 11.6 Å². The van der Waals surface area contributed by atoms with E-state index in [1.165, 1.54) is 4.68 Å². The highest BCUT2D eigenvalue weighted by Crippen LogP contribution is 2.15. The van der Waals surface area contributed by atoms with Gasteiger partial charge in [-0.15, -0.1) is 0 Å². The molecule has 1 aromatic heterocycles. The lowest BCUT2D eigenvalue weighted by molar-refractivity contribution is -0.115. The van der Waals surface area contributed by atoms with Gasteiger partial charge in [-0.05, 0) is 18.6 Å². The standard InChI is InChI=1S/C12H13ClN4O/c1-8-14-12(17(2)16-8)15-11(18)7-9-5-3-4-6-10(9)13/h3-6H,7H2,1-2H3,(H,14,15,16,18). The minimum absolute atomic E-state index is 0.168. The monoisotopic (exact) mass is 264 g/mol. The van der Waals surface area contributed by atoms with Crippen LogP contribution in [0.3, 0.4) is 0 Å². The number of anilines is 1. The molecule has 0 aliphatic carbocycles. The third kappa shape index (κ3) is 2.87. The Morgan fingerprint density at radius 2 is 2.17 bits per heavy atom. The molecule has 0 saturated carbocycles. The van der Waals surface area contributed by atoms with Crippen molar-refractivity contribution in [1.82, 2.24) is 14.8 Å². The Labute approximate surface area is 110 Å². The van der Waals surface area contributed by atoms with Crippen molar-refractivity contribution < 1.29 is 4.79 Å². The number of aromatic nitrogens is 3. The zero-order chi connectivity index (χ0) is 13.1. The van der Waals surface area contributed by atoms with Gasteiger partial charge in [-0.2, -0.15) is 10.1 Å². The van der Waals surface area contributed by atoms with Crippen LogP contribution in [0, 0.1) is 6.92 Å². The SMILES string of the molecule is Cc1nc(NC(=O)Cc2ccccc2Cl)n(C)n1. The highest BCUT2D eigenvalue weighted by Gasteiger charge is 2.10. The van der Waals surface area contributed by atoms with Crippen molar-refractivity contribution >= 4 is 23.5 Å². The molecule has 1 heterocycles. The molecule has 1 N–H and O–H groups in total. The smallest absolute Gasteiger partial charge is 0.231 e. The van der Waals surface area contributed by atoms with Crippen LogP contribution in [-0.4, -0.2) is 20.7 Å². The van der Waals surface area contributed by atoms with Gasteiger partial charge in [0.1, 0.15) is 5.82 Å². The summed E-state index contributed by atoms with van der Waals surface area (Å²) in [5.41, 5.74) is 0.788. The third-order valence-corrected chi connectivity index (χ3v) is 2.80. The van der Waals surface area contributed by atoms with Gasteiger partial charge in [0.05, 0.1) is 6.42 Å². The summed E-state index contributed by atoms with van der Waals surface area (Å²) < 4.78 is 1.53. The first-order chi connectivity index (χ1) is 8.56. The zero-order valence-electron chi connectivity index (χ0n) is 10.1. The Balaban J connectivity index is 2.06. The van der Waals surface area contributed by atoms with E-state index in [-0.39, 0.29) is 12.3 Å². The number of benzene rings is 1. The van der Waals surface area contributed by atoms with E-state index < -0.39 is 0 Å². The number of nitrogens with one attached hydrogen (secondary N) is 1. The van der Waals surface area contributed by atoms with E-state index in [9.17, 15) is 4.79 Å². The quantitative estimate of drug-likeness (QED) is 0.922. The molecular formula is C12H13ClN4O. The van der Waals surface area contributed by atoms with Crippen LogP contribution < -0.4 is 5.32 Å². The largest absolute Gasteiger partial charge is 0.294 e. The third-order valence-electron chi connectivity index (χ3n) is 2.43. The van der Waals surface area contributed by atoms with Crippen molar-refractivity contribution in [2.24, 2.45) is 7.05 Å². The van der Waals surface area contributed by atoms with E-state index in [1.54, 1.807) is 20.0 Å². The molecule has 2 aromatic rings. The fraction of sp³-hybridized carbons (Fsp3) is 0.250. The van der Waals surface area contributed by atoms with Crippen LogP contribution in [0.1, 0.15) is 11.4 Å². The van der Waals surface area contributed by atoms with E-state index >= 15 is 0 Å². The van der Waals surface area contributed by atoms with Crippen LogP contribution in [0.2, 0.25) is 5.02 Å². The topological polar surface area (TPSA) is 59.8 Å². The molecule has 0 saturated heterocycles.